The highest BCUT2D eigenvalue weighted by Gasteiger charge is 2.48. The van der Waals surface area contributed by atoms with Gasteiger partial charge in [-0.2, -0.15) is 0 Å². The Balaban J connectivity index is 1.56. The molecule has 4 nitrogen and oxygen atoms in total. The van der Waals surface area contributed by atoms with Gasteiger partial charge in [-0.15, -0.1) is 0 Å². The lowest BCUT2D eigenvalue weighted by Gasteiger charge is -2.10. The van der Waals surface area contributed by atoms with Gasteiger partial charge in [-0.05, 0) is 54.7 Å². The molecule has 2 atom stereocenters. The molecule has 0 bridgehead atoms. The Morgan fingerprint density at radius 3 is 2.23 bits per heavy atom. The lowest BCUT2D eigenvalue weighted by molar-refractivity contribution is -0.122. The van der Waals surface area contributed by atoms with Crippen molar-refractivity contribution in [2.24, 2.45) is 11.8 Å². The standard InChI is InChI=1S/C21H23ClN2O2/c1-12(2)14-7-9-15(10-8-14)23-20(25)16-11-17(16)21(26)24-19-6-4-5-18(22)13(19)3/h4-10,12,16-17H,11H2,1-3H3,(H,23,25)(H,24,26). The first-order valence-corrected chi connectivity index (χ1v) is 9.21. The van der Waals surface area contributed by atoms with Gasteiger partial charge in [0.15, 0.2) is 0 Å². The molecular formula is C21H23ClN2O2. The van der Waals surface area contributed by atoms with Gasteiger partial charge in [0, 0.05) is 16.4 Å². The zero-order valence-electron chi connectivity index (χ0n) is 15.2. The van der Waals surface area contributed by atoms with Gasteiger partial charge in [0.25, 0.3) is 0 Å². The maximum Gasteiger partial charge on any atom is 0.228 e. The lowest BCUT2D eigenvalue weighted by Crippen LogP contribution is -2.21. The highest BCUT2D eigenvalue weighted by Crippen LogP contribution is 2.40. The van der Waals surface area contributed by atoms with E-state index in [4.69, 9.17) is 11.6 Å². The van der Waals surface area contributed by atoms with Crippen molar-refractivity contribution in [1.29, 1.82) is 0 Å². The second kappa shape index (κ2) is 7.50. The molecule has 0 saturated heterocycles. The molecule has 0 spiro atoms. The van der Waals surface area contributed by atoms with Crippen LogP contribution in [0.25, 0.3) is 0 Å². The molecule has 136 valence electrons. The third-order valence-corrected chi connectivity index (χ3v) is 5.24. The summed E-state index contributed by atoms with van der Waals surface area (Å²) in [5.41, 5.74) is 3.51. The number of benzene rings is 2. The van der Waals surface area contributed by atoms with Gasteiger partial charge >= 0.3 is 0 Å². The Kier molecular flexibility index (Phi) is 5.33. The SMILES string of the molecule is Cc1c(Cl)cccc1NC(=O)C1CC1C(=O)Nc1ccc(C(C)C)cc1. The summed E-state index contributed by atoms with van der Waals surface area (Å²) in [6.45, 7) is 6.11. The summed E-state index contributed by atoms with van der Waals surface area (Å²) < 4.78 is 0. The van der Waals surface area contributed by atoms with Gasteiger partial charge in [-0.25, -0.2) is 0 Å². The predicted molar refractivity (Wildman–Crippen MR) is 106 cm³/mol. The fraction of sp³-hybridized carbons (Fsp3) is 0.333. The van der Waals surface area contributed by atoms with Crippen LogP contribution < -0.4 is 10.6 Å². The van der Waals surface area contributed by atoms with E-state index in [1.165, 1.54) is 5.56 Å². The van der Waals surface area contributed by atoms with E-state index in [1.807, 2.05) is 37.3 Å². The molecule has 2 N–H and O–H groups in total. The number of halogens is 1. The first kappa shape index (κ1) is 18.5. The second-order valence-electron chi connectivity index (χ2n) is 7.12. The first-order valence-electron chi connectivity index (χ1n) is 8.83. The normalized spacial score (nSPS) is 18.5. The molecular weight excluding hydrogens is 348 g/mol. The van der Waals surface area contributed by atoms with Gasteiger partial charge in [0.1, 0.15) is 0 Å². The van der Waals surface area contributed by atoms with E-state index in [2.05, 4.69) is 24.5 Å². The number of anilines is 2. The molecule has 2 aromatic carbocycles. The van der Waals surface area contributed by atoms with E-state index in [1.54, 1.807) is 12.1 Å². The third kappa shape index (κ3) is 4.07. The zero-order valence-corrected chi connectivity index (χ0v) is 15.9. The molecule has 1 aliphatic carbocycles. The number of carbonyl (C=O) groups excluding carboxylic acids is 2. The van der Waals surface area contributed by atoms with E-state index in [0.29, 0.717) is 23.0 Å². The molecule has 0 heterocycles. The molecule has 0 radical (unpaired) electrons. The molecule has 26 heavy (non-hydrogen) atoms. The van der Waals surface area contributed by atoms with Crippen molar-refractivity contribution in [3.8, 4) is 0 Å². The van der Waals surface area contributed by atoms with E-state index >= 15 is 0 Å². The molecule has 1 aliphatic rings. The Hall–Kier alpha value is -2.33. The highest BCUT2D eigenvalue weighted by molar-refractivity contribution is 6.31. The quantitative estimate of drug-likeness (QED) is 0.779. The lowest BCUT2D eigenvalue weighted by atomic mass is 10.0. The van der Waals surface area contributed by atoms with Crippen molar-refractivity contribution in [3.63, 3.8) is 0 Å². The van der Waals surface area contributed by atoms with Crippen LogP contribution in [-0.2, 0) is 9.59 Å². The number of nitrogens with one attached hydrogen (secondary N) is 2. The van der Waals surface area contributed by atoms with Crippen LogP contribution in [0.5, 0.6) is 0 Å². The van der Waals surface area contributed by atoms with Gasteiger partial charge in [0.2, 0.25) is 11.8 Å². The number of hydrogen-bond donors (Lipinski definition) is 2. The summed E-state index contributed by atoms with van der Waals surface area (Å²) in [5.74, 6) is -0.357. The average molecular weight is 371 g/mol. The van der Waals surface area contributed by atoms with Crippen LogP contribution in [0.2, 0.25) is 5.02 Å². The topological polar surface area (TPSA) is 58.2 Å². The van der Waals surface area contributed by atoms with Crippen LogP contribution in [0.4, 0.5) is 11.4 Å². The summed E-state index contributed by atoms with van der Waals surface area (Å²) in [5, 5.41) is 6.39. The van der Waals surface area contributed by atoms with Crippen LogP contribution in [-0.4, -0.2) is 11.8 Å². The van der Waals surface area contributed by atoms with Gasteiger partial charge in [0.05, 0.1) is 11.8 Å². The van der Waals surface area contributed by atoms with Crippen LogP contribution >= 0.6 is 11.6 Å². The molecule has 0 aromatic heterocycles. The van der Waals surface area contributed by atoms with Crippen molar-refractivity contribution in [2.75, 3.05) is 10.6 Å². The Bertz CT molecular complexity index is 830. The van der Waals surface area contributed by atoms with Gasteiger partial charge < -0.3 is 10.6 Å². The molecule has 3 rings (SSSR count). The molecule has 2 aromatic rings. The third-order valence-electron chi connectivity index (χ3n) is 4.83. The molecule has 1 saturated carbocycles. The summed E-state index contributed by atoms with van der Waals surface area (Å²) in [7, 11) is 0. The van der Waals surface area contributed by atoms with Crippen LogP contribution in [0.15, 0.2) is 42.5 Å². The second-order valence-corrected chi connectivity index (χ2v) is 7.52. The largest absolute Gasteiger partial charge is 0.326 e. The maximum absolute atomic E-state index is 12.4. The minimum Gasteiger partial charge on any atom is -0.326 e. The molecule has 2 unspecified atom stereocenters. The van der Waals surface area contributed by atoms with Crippen molar-refractivity contribution in [1.82, 2.24) is 0 Å². The van der Waals surface area contributed by atoms with Gasteiger partial charge in [-0.1, -0.05) is 43.6 Å². The number of rotatable bonds is 5. The van der Waals surface area contributed by atoms with E-state index in [0.717, 1.165) is 11.3 Å². The van der Waals surface area contributed by atoms with E-state index < -0.39 is 0 Å². The predicted octanol–water partition coefficient (Wildman–Crippen LogP) is 4.99. The molecule has 5 heteroatoms. The van der Waals surface area contributed by atoms with Gasteiger partial charge in [-0.3, -0.25) is 9.59 Å². The summed E-state index contributed by atoms with van der Waals surface area (Å²) >= 11 is 6.08. The zero-order chi connectivity index (χ0) is 18.8. The Labute approximate surface area is 158 Å². The highest BCUT2D eigenvalue weighted by atomic mass is 35.5. The van der Waals surface area contributed by atoms with Crippen LogP contribution in [0.3, 0.4) is 0 Å². The summed E-state index contributed by atoms with van der Waals surface area (Å²) in [4.78, 5) is 24.8. The average Bonchev–Trinajstić information content (AvgIpc) is 3.40. The van der Waals surface area contributed by atoms with Crippen molar-refractivity contribution >= 4 is 34.8 Å². The fourth-order valence-corrected chi connectivity index (χ4v) is 3.10. The first-order chi connectivity index (χ1) is 12.4. The minimum atomic E-state index is -0.289. The number of carbonyl (C=O) groups is 2. The van der Waals surface area contributed by atoms with Crippen molar-refractivity contribution in [3.05, 3.63) is 58.6 Å². The van der Waals surface area contributed by atoms with Crippen molar-refractivity contribution in [2.45, 2.75) is 33.1 Å². The van der Waals surface area contributed by atoms with E-state index in [9.17, 15) is 9.59 Å². The minimum absolute atomic E-state index is 0.106. The van der Waals surface area contributed by atoms with Crippen LogP contribution in [0, 0.1) is 18.8 Å². The number of amides is 2. The van der Waals surface area contributed by atoms with Crippen LogP contribution in [0.1, 0.15) is 37.3 Å². The molecule has 2 amide bonds. The van der Waals surface area contributed by atoms with Crippen molar-refractivity contribution < 1.29 is 9.59 Å². The maximum atomic E-state index is 12.4. The number of hydrogen-bond acceptors (Lipinski definition) is 2. The monoisotopic (exact) mass is 370 g/mol. The summed E-state index contributed by atoms with van der Waals surface area (Å²) in [6.07, 6.45) is 0.571. The fourth-order valence-electron chi connectivity index (χ4n) is 2.93. The Morgan fingerprint density at radius 2 is 1.62 bits per heavy atom. The van der Waals surface area contributed by atoms with E-state index in [-0.39, 0.29) is 23.7 Å². The summed E-state index contributed by atoms with van der Waals surface area (Å²) in [6, 6.07) is 13.2. The molecule has 0 aliphatic heterocycles. The molecule has 1 fully saturated rings. The smallest absolute Gasteiger partial charge is 0.228 e. The Morgan fingerprint density at radius 1 is 1.00 bits per heavy atom.